The van der Waals surface area contributed by atoms with Crippen molar-refractivity contribution in [2.75, 3.05) is 5.32 Å². The number of anilines is 2. The molecule has 200 valence electrons. The number of hydrogen-bond acceptors (Lipinski definition) is 8. The van der Waals surface area contributed by atoms with Gasteiger partial charge in [0.15, 0.2) is 0 Å². The second-order valence-electron chi connectivity index (χ2n) is 8.80. The van der Waals surface area contributed by atoms with E-state index >= 15 is 0 Å². The maximum absolute atomic E-state index is 13.2. The zero-order valence-electron chi connectivity index (χ0n) is 21.5. The predicted octanol–water partition coefficient (Wildman–Crippen LogP) is 5.54. The van der Waals surface area contributed by atoms with Crippen LogP contribution in [0.25, 0.3) is 22.2 Å². The topological polar surface area (TPSA) is 137 Å². The van der Waals surface area contributed by atoms with Crippen molar-refractivity contribution in [3.8, 4) is 22.9 Å². The van der Waals surface area contributed by atoms with Gasteiger partial charge in [-0.15, -0.1) is 5.10 Å². The van der Waals surface area contributed by atoms with E-state index in [1.54, 1.807) is 43.7 Å². The number of hydrogen-bond donors (Lipinski definition) is 3. The maximum atomic E-state index is 13.2. The van der Waals surface area contributed by atoms with Crippen molar-refractivity contribution in [3.63, 3.8) is 0 Å². The fourth-order valence-electron chi connectivity index (χ4n) is 4.39. The summed E-state index contributed by atoms with van der Waals surface area (Å²) in [6.07, 6.45) is 4.83. The van der Waals surface area contributed by atoms with Crippen molar-refractivity contribution >= 4 is 45.9 Å². The smallest absolute Gasteiger partial charge is 0.259 e. The molecule has 0 aliphatic rings. The molecule has 12 heteroatoms. The summed E-state index contributed by atoms with van der Waals surface area (Å²) in [5, 5.41) is 11.9. The molecule has 0 saturated carbocycles. The van der Waals surface area contributed by atoms with E-state index in [1.165, 1.54) is 4.57 Å². The van der Waals surface area contributed by atoms with Crippen LogP contribution in [0.2, 0.25) is 10.0 Å². The average Bonchev–Trinajstić information content (AvgIpc) is 3.33. The first kappa shape index (κ1) is 26.6. The molecule has 4 heterocycles. The Bertz CT molecular complexity index is 1730. The Balaban J connectivity index is 1.45. The number of aromatic amines is 1. The summed E-state index contributed by atoms with van der Waals surface area (Å²) in [6.45, 7) is 4.30. The highest BCUT2D eigenvalue weighted by atomic mass is 35.5. The van der Waals surface area contributed by atoms with Gasteiger partial charge in [0.1, 0.15) is 5.65 Å². The molecular weight excluding hydrogens is 539 g/mol. The molecule has 0 unspecified atom stereocenters. The molecule has 4 N–H and O–H groups in total. The van der Waals surface area contributed by atoms with E-state index in [1.807, 2.05) is 13.0 Å². The molecule has 4 aromatic heterocycles. The maximum Gasteiger partial charge on any atom is 0.259 e. The number of aryl methyl sites for hydroxylation is 2. The van der Waals surface area contributed by atoms with Gasteiger partial charge in [-0.1, -0.05) is 43.1 Å². The van der Waals surface area contributed by atoms with Gasteiger partial charge in [-0.3, -0.25) is 14.5 Å². The molecule has 0 amide bonds. The molecule has 0 atom stereocenters. The highest BCUT2D eigenvalue weighted by Crippen LogP contribution is 2.34. The summed E-state index contributed by atoms with van der Waals surface area (Å²) in [7, 11) is 1.64. The zero-order chi connectivity index (χ0) is 27.7. The lowest BCUT2D eigenvalue weighted by Crippen LogP contribution is -2.20. The molecule has 5 rings (SSSR count). The van der Waals surface area contributed by atoms with Gasteiger partial charge in [0.05, 0.1) is 27.5 Å². The van der Waals surface area contributed by atoms with Gasteiger partial charge in [0, 0.05) is 47.6 Å². The monoisotopic (exact) mass is 564 g/mol. The van der Waals surface area contributed by atoms with Crippen LogP contribution in [0, 0.1) is 0 Å². The van der Waals surface area contributed by atoms with E-state index in [0.717, 1.165) is 24.1 Å². The molecular formula is C27H26Cl2N8O2. The van der Waals surface area contributed by atoms with Crippen molar-refractivity contribution in [2.24, 2.45) is 12.8 Å². The number of nitrogens with zero attached hydrogens (tertiary/aromatic N) is 5. The molecule has 0 fully saturated rings. The SMILES string of the molecule is CCc1[nH]nc(Oc2ncc(Nc3ncc4cc(-c5c(Cl)cccc5Cl)c(=O)n(C)c4n3)cc2CN)c1CC. The Morgan fingerprint density at radius 2 is 1.85 bits per heavy atom. The van der Waals surface area contributed by atoms with Crippen LogP contribution in [-0.4, -0.2) is 29.7 Å². The second kappa shape index (κ2) is 11.0. The number of fused-ring (bicyclic) bond motifs is 1. The first-order valence-electron chi connectivity index (χ1n) is 12.4. The Morgan fingerprint density at radius 3 is 2.54 bits per heavy atom. The van der Waals surface area contributed by atoms with Crippen LogP contribution in [0.1, 0.15) is 30.7 Å². The van der Waals surface area contributed by atoms with Gasteiger partial charge in [-0.25, -0.2) is 9.97 Å². The summed E-state index contributed by atoms with van der Waals surface area (Å²) in [5.41, 5.74) is 10.3. The standard InChI is InChI=1S/C27H26Cl2N8O2/c1-4-17-21(5-2)35-36-25(17)39-24-14(11-30)9-16(13-31-24)33-27-32-12-15-10-18(26(38)37(3)23(15)34-27)22-19(28)7-6-8-20(22)29/h6-10,12-13H,4-5,11,30H2,1-3H3,(H,35,36)(H,32,33,34). The number of nitrogens with one attached hydrogen (secondary N) is 2. The van der Waals surface area contributed by atoms with Gasteiger partial charge in [0.25, 0.3) is 5.56 Å². The van der Waals surface area contributed by atoms with Gasteiger partial charge in [-0.05, 0) is 37.1 Å². The third-order valence-electron chi connectivity index (χ3n) is 6.40. The Kier molecular flexibility index (Phi) is 7.51. The lowest BCUT2D eigenvalue weighted by molar-refractivity contribution is 0.433. The van der Waals surface area contributed by atoms with E-state index in [-0.39, 0.29) is 18.1 Å². The van der Waals surface area contributed by atoms with Crippen molar-refractivity contribution in [1.29, 1.82) is 0 Å². The minimum atomic E-state index is -0.285. The predicted molar refractivity (Wildman–Crippen MR) is 153 cm³/mol. The van der Waals surface area contributed by atoms with E-state index in [4.69, 9.17) is 33.7 Å². The molecule has 0 radical (unpaired) electrons. The fraction of sp³-hybridized carbons (Fsp3) is 0.222. The number of H-pyrrole nitrogens is 1. The molecule has 0 bridgehead atoms. The molecule has 0 spiro atoms. The van der Waals surface area contributed by atoms with E-state index in [0.29, 0.717) is 55.2 Å². The number of ether oxygens (including phenoxy) is 1. The first-order valence-corrected chi connectivity index (χ1v) is 13.1. The molecule has 0 saturated heterocycles. The van der Waals surface area contributed by atoms with Crippen molar-refractivity contribution in [2.45, 2.75) is 33.2 Å². The van der Waals surface area contributed by atoms with Gasteiger partial charge in [0.2, 0.25) is 17.7 Å². The van der Waals surface area contributed by atoms with E-state index in [2.05, 4.69) is 37.4 Å². The first-order chi connectivity index (χ1) is 18.8. The third kappa shape index (κ3) is 5.06. The van der Waals surface area contributed by atoms with Crippen LogP contribution < -0.4 is 21.3 Å². The Hall–Kier alpha value is -3.99. The van der Waals surface area contributed by atoms with Gasteiger partial charge < -0.3 is 15.8 Å². The van der Waals surface area contributed by atoms with Crippen LogP contribution in [-0.2, 0) is 26.4 Å². The van der Waals surface area contributed by atoms with Crippen LogP contribution in [0.15, 0.2) is 47.5 Å². The quantitative estimate of drug-likeness (QED) is 0.223. The average molecular weight is 565 g/mol. The highest BCUT2D eigenvalue weighted by Gasteiger charge is 2.18. The van der Waals surface area contributed by atoms with Crippen molar-refractivity contribution < 1.29 is 4.74 Å². The van der Waals surface area contributed by atoms with Crippen LogP contribution >= 0.6 is 23.2 Å². The van der Waals surface area contributed by atoms with Crippen molar-refractivity contribution in [3.05, 3.63) is 79.9 Å². The van der Waals surface area contributed by atoms with Crippen molar-refractivity contribution in [1.82, 2.24) is 29.7 Å². The lowest BCUT2D eigenvalue weighted by Gasteiger charge is -2.13. The number of rotatable bonds is 8. The largest absolute Gasteiger partial charge is 0.418 e. The van der Waals surface area contributed by atoms with Crippen LogP contribution in [0.5, 0.6) is 11.8 Å². The Morgan fingerprint density at radius 1 is 1.08 bits per heavy atom. The van der Waals surface area contributed by atoms with Crippen LogP contribution in [0.3, 0.4) is 0 Å². The Labute approximate surface area is 234 Å². The molecule has 5 aromatic rings. The molecule has 39 heavy (non-hydrogen) atoms. The number of nitrogens with two attached hydrogens (primary N) is 1. The highest BCUT2D eigenvalue weighted by molar-refractivity contribution is 6.39. The summed E-state index contributed by atoms with van der Waals surface area (Å²) in [4.78, 5) is 26.7. The van der Waals surface area contributed by atoms with Gasteiger partial charge in [-0.2, -0.15) is 4.98 Å². The van der Waals surface area contributed by atoms with Gasteiger partial charge >= 0.3 is 0 Å². The lowest BCUT2D eigenvalue weighted by atomic mass is 10.1. The van der Waals surface area contributed by atoms with Crippen LogP contribution in [0.4, 0.5) is 11.6 Å². The van der Waals surface area contributed by atoms with E-state index in [9.17, 15) is 4.79 Å². The molecule has 10 nitrogen and oxygen atoms in total. The summed E-state index contributed by atoms with van der Waals surface area (Å²) < 4.78 is 7.45. The molecule has 1 aromatic carbocycles. The number of halogens is 2. The fourth-order valence-corrected chi connectivity index (χ4v) is 4.99. The number of pyridine rings is 2. The zero-order valence-corrected chi connectivity index (χ0v) is 23.1. The van der Waals surface area contributed by atoms with E-state index < -0.39 is 0 Å². The minimum absolute atomic E-state index is 0.199. The summed E-state index contributed by atoms with van der Waals surface area (Å²) in [6, 6.07) is 8.62. The number of aromatic nitrogens is 6. The second-order valence-corrected chi connectivity index (χ2v) is 9.62. The summed E-state index contributed by atoms with van der Waals surface area (Å²) >= 11 is 12.7. The number of benzene rings is 1. The summed E-state index contributed by atoms with van der Waals surface area (Å²) in [5.74, 6) is 1.15. The molecule has 0 aliphatic heterocycles. The normalized spacial score (nSPS) is 11.2. The third-order valence-corrected chi connectivity index (χ3v) is 7.03. The minimum Gasteiger partial charge on any atom is -0.418 e. The molecule has 0 aliphatic carbocycles.